The molecule has 27 heavy (non-hydrogen) atoms. The van der Waals surface area contributed by atoms with Gasteiger partial charge in [0.1, 0.15) is 11.5 Å². The third-order valence-electron chi connectivity index (χ3n) is 4.57. The fourth-order valence-corrected chi connectivity index (χ4v) is 3.32. The Morgan fingerprint density at radius 2 is 1.44 bits per heavy atom. The van der Waals surface area contributed by atoms with E-state index in [0.717, 1.165) is 45.0 Å². The Kier molecular flexibility index (Phi) is 5.82. The van der Waals surface area contributed by atoms with Gasteiger partial charge in [0.2, 0.25) is 0 Å². The Balaban J connectivity index is 2.32. The molecule has 1 N–H and O–H groups in total. The highest BCUT2D eigenvalue weighted by Crippen LogP contribution is 2.42. The van der Waals surface area contributed by atoms with E-state index in [1.807, 2.05) is 38.2 Å². The molecule has 0 fully saturated rings. The molecule has 0 aliphatic heterocycles. The van der Waals surface area contributed by atoms with Gasteiger partial charge in [-0.25, -0.2) is 0 Å². The van der Waals surface area contributed by atoms with Crippen molar-refractivity contribution < 1.29 is 9.47 Å². The highest BCUT2D eigenvalue weighted by atomic mass is 16.5. The Morgan fingerprint density at radius 3 is 2.04 bits per heavy atom. The molecule has 0 heterocycles. The van der Waals surface area contributed by atoms with Crippen LogP contribution in [0.3, 0.4) is 0 Å². The first-order valence-corrected chi connectivity index (χ1v) is 8.98. The van der Waals surface area contributed by atoms with Crippen LogP contribution < -0.4 is 14.8 Å². The summed E-state index contributed by atoms with van der Waals surface area (Å²) in [5.41, 5.74) is 6.71. The summed E-state index contributed by atoms with van der Waals surface area (Å²) in [5, 5.41) is 3.40. The lowest BCUT2D eigenvalue weighted by Gasteiger charge is -2.19. The van der Waals surface area contributed by atoms with Crippen molar-refractivity contribution in [3.63, 3.8) is 0 Å². The maximum Gasteiger partial charge on any atom is 0.119 e. The minimum atomic E-state index is 0.836. The summed E-state index contributed by atoms with van der Waals surface area (Å²) < 4.78 is 10.9. The minimum Gasteiger partial charge on any atom is -0.497 e. The van der Waals surface area contributed by atoms with Crippen molar-refractivity contribution in [2.75, 3.05) is 26.6 Å². The molecule has 0 atom stereocenters. The summed E-state index contributed by atoms with van der Waals surface area (Å²) >= 11 is 0. The van der Waals surface area contributed by atoms with Crippen LogP contribution in [0.15, 0.2) is 66.7 Å². The topological polar surface area (TPSA) is 30.5 Å². The van der Waals surface area contributed by atoms with Gasteiger partial charge in [0.05, 0.1) is 14.2 Å². The molecular weight excluding hydrogens is 334 g/mol. The van der Waals surface area contributed by atoms with Crippen LogP contribution in [0.2, 0.25) is 0 Å². The maximum absolute atomic E-state index is 5.46. The lowest BCUT2D eigenvalue weighted by Crippen LogP contribution is -1.98. The smallest absolute Gasteiger partial charge is 0.119 e. The molecule has 3 rings (SSSR count). The van der Waals surface area contributed by atoms with Crippen molar-refractivity contribution in [3.05, 3.63) is 72.3 Å². The molecule has 0 saturated carbocycles. The molecule has 0 radical (unpaired) electrons. The number of rotatable bonds is 6. The van der Waals surface area contributed by atoms with Gasteiger partial charge in [-0.3, -0.25) is 0 Å². The van der Waals surface area contributed by atoms with Crippen molar-refractivity contribution >= 4 is 11.8 Å². The summed E-state index contributed by atoms with van der Waals surface area (Å²) in [4.78, 5) is 0. The zero-order chi connectivity index (χ0) is 19.2. The van der Waals surface area contributed by atoms with Crippen LogP contribution in [0.4, 0.5) is 5.69 Å². The normalized spacial score (nSPS) is 10.8. The lowest BCUT2D eigenvalue weighted by atomic mass is 9.90. The minimum absolute atomic E-state index is 0.836. The van der Waals surface area contributed by atoms with Crippen LogP contribution in [0.5, 0.6) is 11.5 Å². The standard InChI is InChI=1S/C24H25NO2/c1-5-8-17-13-14-22(18-9-6-11-20(15-18)26-3)23(24(17)25-2)19-10-7-12-21(16-19)27-4/h5-16,25H,1-4H3/b8-5+. The van der Waals surface area contributed by atoms with E-state index >= 15 is 0 Å². The second-order valence-electron chi connectivity index (χ2n) is 6.17. The third kappa shape index (κ3) is 3.82. The molecule has 0 amide bonds. The van der Waals surface area contributed by atoms with Crippen LogP contribution >= 0.6 is 0 Å². The van der Waals surface area contributed by atoms with Crippen LogP contribution in [0, 0.1) is 0 Å². The van der Waals surface area contributed by atoms with Gasteiger partial charge < -0.3 is 14.8 Å². The lowest BCUT2D eigenvalue weighted by molar-refractivity contribution is 0.415. The Bertz CT molecular complexity index is 960. The highest BCUT2D eigenvalue weighted by Gasteiger charge is 2.16. The zero-order valence-corrected chi connectivity index (χ0v) is 16.2. The summed E-state index contributed by atoms with van der Waals surface area (Å²) in [6.45, 7) is 2.03. The van der Waals surface area contributed by atoms with Crippen LogP contribution in [0.25, 0.3) is 28.3 Å². The summed E-state index contributed by atoms with van der Waals surface area (Å²) in [6, 6.07) is 20.6. The summed E-state index contributed by atoms with van der Waals surface area (Å²) in [6.07, 6.45) is 4.17. The average molecular weight is 359 g/mol. The number of methoxy groups -OCH3 is 2. The third-order valence-corrected chi connectivity index (χ3v) is 4.57. The number of anilines is 1. The van der Waals surface area contributed by atoms with Crippen molar-refractivity contribution in [2.45, 2.75) is 6.92 Å². The van der Waals surface area contributed by atoms with E-state index in [0.29, 0.717) is 0 Å². The first-order valence-electron chi connectivity index (χ1n) is 8.98. The molecule has 3 aromatic rings. The first-order chi connectivity index (χ1) is 13.2. The van der Waals surface area contributed by atoms with Gasteiger partial charge in [0.25, 0.3) is 0 Å². The van der Waals surface area contributed by atoms with Crippen molar-refractivity contribution in [2.24, 2.45) is 0 Å². The predicted molar refractivity (Wildman–Crippen MR) is 115 cm³/mol. The second kappa shape index (κ2) is 8.45. The Morgan fingerprint density at radius 1 is 0.815 bits per heavy atom. The van der Waals surface area contributed by atoms with Gasteiger partial charge in [-0.2, -0.15) is 0 Å². The van der Waals surface area contributed by atoms with Gasteiger partial charge >= 0.3 is 0 Å². The number of ether oxygens (including phenoxy) is 2. The van der Waals surface area contributed by atoms with Gasteiger partial charge in [-0.05, 0) is 53.4 Å². The van der Waals surface area contributed by atoms with Crippen LogP contribution in [-0.4, -0.2) is 21.3 Å². The average Bonchev–Trinajstić information content (AvgIpc) is 2.73. The van der Waals surface area contributed by atoms with Gasteiger partial charge in [0, 0.05) is 18.3 Å². The number of allylic oxidation sites excluding steroid dienone is 1. The molecule has 0 aromatic heterocycles. The first kappa shape index (κ1) is 18.6. The molecule has 0 saturated heterocycles. The molecule has 0 aliphatic carbocycles. The molecular formula is C24H25NO2. The molecule has 0 bridgehead atoms. The predicted octanol–water partition coefficient (Wildman–Crippen LogP) is 6.11. The van der Waals surface area contributed by atoms with E-state index in [2.05, 4.69) is 53.9 Å². The number of hydrogen-bond acceptors (Lipinski definition) is 3. The van der Waals surface area contributed by atoms with Gasteiger partial charge in [0.15, 0.2) is 0 Å². The number of hydrogen-bond donors (Lipinski definition) is 1. The maximum atomic E-state index is 5.46. The van der Waals surface area contributed by atoms with Crippen LogP contribution in [-0.2, 0) is 0 Å². The van der Waals surface area contributed by atoms with Crippen molar-refractivity contribution in [1.82, 2.24) is 0 Å². The molecule has 3 nitrogen and oxygen atoms in total. The van der Waals surface area contributed by atoms with Crippen molar-refractivity contribution in [1.29, 1.82) is 0 Å². The molecule has 0 unspecified atom stereocenters. The largest absolute Gasteiger partial charge is 0.497 e. The Hall–Kier alpha value is -3.20. The fraction of sp³-hybridized carbons (Fsp3) is 0.167. The van der Waals surface area contributed by atoms with E-state index in [1.54, 1.807) is 14.2 Å². The fourth-order valence-electron chi connectivity index (χ4n) is 3.32. The summed E-state index contributed by atoms with van der Waals surface area (Å²) in [5.74, 6) is 1.68. The van der Waals surface area contributed by atoms with Crippen molar-refractivity contribution in [3.8, 4) is 33.8 Å². The molecule has 0 aliphatic rings. The quantitative estimate of drug-likeness (QED) is 0.576. The zero-order valence-electron chi connectivity index (χ0n) is 16.2. The highest BCUT2D eigenvalue weighted by molar-refractivity contribution is 5.96. The Labute approximate surface area is 161 Å². The second-order valence-corrected chi connectivity index (χ2v) is 6.17. The van der Waals surface area contributed by atoms with E-state index in [4.69, 9.17) is 9.47 Å². The van der Waals surface area contributed by atoms with E-state index in [9.17, 15) is 0 Å². The molecule has 0 spiro atoms. The molecule has 138 valence electrons. The molecule has 3 heteroatoms. The van der Waals surface area contributed by atoms with E-state index < -0.39 is 0 Å². The SMILES string of the molecule is C/C=C/c1ccc(-c2cccc(OC)c2)c(-c2cccc(OC)c2)c1NC. The van der Waals surface area contributed by atoms with Gasteiger partial charge in [-0.15, -0.1) is 0 Å². The van der Waals surface area contributed by atoms with Gasteiger partial charge in [-0.1, -0.05) is 48.6 Å². The molecule has 3 aromatic carbocycles. The number of nitrogens with one attached hydrogen (secondary N) is 1. The monoisotopic (exact) mass is 359 g/mol. The summed E-state index contributed by atoms with van der Waals surface area (Å²) in [7, 11) is 5.34. The van der Waals surface area contributed by atoms with E-state index in [1.165, 1.54) is 0 Å². The van der Waals surface area contributed by atoms with E-state index in [-0.39, 0.29) is 0 Å². The number of benzene rings is 3. The van der Waals surface area contributed by atoms with Crippen LogP contribution in [0.1, 0.15) is 12.5 Å².